The molecule has 0 aromatic heterocycles. The number of rotatable bonds is 8. The molecule has 4 nitrogen and oxygen atoms in total. The van der Waals surface area contributed by atoms with E-state index in [9.17, 15) is 5.11 Å². The smallest absolute Gasteiger partial charge is 0.156 e. The maximum Gasteiger partial charge on any atom is 0.156 e. The number of phenols is 1. The zero-order chi connectivity index (χ0) is 18.2. The molecule has 1 atom stereocenters. The molecule has 25 heavy (non-hydrogen) atoms. The van der Waals surface area contributed by atoms with E-state index < -0.39 is 0 Å². The first-order chi connectivity index (χ1) is 12.0. The van der Waals surface area contributed by atoms with Gasteiger partial charge in [0, 0.05) is 18.6 Å². The third-order valence-electron chi connectivity index (χ3n) is 3.62. The van der Waals surface area contributed by atoms with Crippen LogP contribution in [0.5, 0.6) is 11.5 Å². The summed E-state index contributed by atoms with van der Waals surface area (Å²) in [6.07, 6.45) is 3.44. The molecule has 0 radical (unpaired) electrons. The fourth-order valence-corrected chi connectivity index (χ4v) is 2.58. The molecule has 0 heterocycles. The number of oxime groups is 1. The highest BCUT2D eigenvalue weighted by molar-refractivity contribution is 6.37. The molecule has 1 N–H and O–H groups in total. The number of aromatic hydroxyl groups is 1. The molecule has 0 aliphatic carbocycles. The lowest BCUT2D eigenvalue weighted by atomic mass is 10.1. The van der Waals surface area contributed by atoms with E-state index in [0.29, 0.717) is 18.8 Å². The van der Waals surface area contributed by atoms with Crippen molar-refractivity contribution in [1.29, 1.82) is 0 Å². The second-order valence-electron chi connectivity index (χ2n) is 5.64. The summed E-state index contributed by atoms with van der Waals surface area (Å²) in [5.74, 6) is 0.393. The van der Waals surface area contributed by atoms with Crippen molar-refractivity contribution in [2.45, 2.75) is 32.8 Å². The first-order valence-corrected chi connectivity index (χ1v) is 8.84. The quantitative estimate of drug-likeness (QED) is 0.487. The predicted molar refractivity (Wildman–Crippen MR) is 102 cm³/mol. The standard InChI is InChI=1S/C19H21Cl2NO3/c1-3-13(2)25-22-12-15-6-4-14(5-7-15)8-9-24-19-17(20)10-16(23)11-18(19)21/h4-7,10-13,23H,3,8-9H2,1-2H3/b22-12+. The number of ether oxygens (including phenoxy) is 1. The van der Waals surface area contributed by atoms with Crippen LogP contribution in [0.15, 0.2) is 41.6 Å². The van der Waals surface area contributed by atoms with Crippen LogP contribution in [0.4, 0.5) is 0 Å². The Morgan fingerprint density at radius 3 is 2.40 bits per heavy atom. The van der Waals surface area contributed by atoms with Crippen LogP contribution in [0.2, 0.25) is 10.0 Å². The molecular weight excluding hydrogens is 361 g/mol. The molecule has 2 aromatic carbocycles. The first kappa shape index (κ1) is 19.4. The van der Waals surface area contributed by atoms with E-state index in [1.54, 1.807) is 6.21 Å². The molecule has 2 rings (SSSR count). The number of halogens is 2. The number of hydrogen-bond donors (Lipinski definition) is 1. The van der Waals surface area contributed by atoms with Crippen LogP contribution in [0, 0.1) is 0 Å². The summed E-state index contributed by atoms with van der Waals surface area (Å²) in [7, 11) is 0. The van der Waals surface area contributed by atoms with E-state index in [1.165, 1.54) is 12.1 Å². The van der Waals surface area contributed by atoms with Gasteiger partial charge in [-0.1, -0.05) is 59.5 Å². The van der Waals surface area contributed by atoms with E-state index in [4.69, 9.17) is 32.8 Å². The van der Waals surface area contributed by atoms with Crippen molar-refractivity contribution in [3.8, 4) is 11.5 Å². The van der Waals surface area contributed by atoms with E-state index in [2.05, 4.69) is 12.1 Å². The third kappa shape index (κ3) is 6.15. The lowest BCUT2D eigenvalue weighted by Crippen LogP contribution is -2.02. The topological polar surface area (TPSA) is 51.0 Å². The lowest BCUT2D eigenvalue weighted by Gasteiger charge is -2.10. The van der Waals surface area contributed by atoms with Crippen molar-refractivity contribution < 1.29 is 14.7 Å². The average Bonchev–Trinajstić information content (AvgIpc) is 2.58. The summed E-state index contributed by atoms with van der Waals surface area (Å²) in [6, 6.07) is 10.8. The Morgan fingerprint density at radius 1 is 1.16 bits per heavy atom. The molecule has 0 amide bonds. The molecule has 0 saturated heterocycles. The van der Waals surface area contributed by atoms with Crippen molar-refractivity contribution >= 4 is 29.4 Å². The minimum absolute atomic E-state index is 0.0110. The van der Waals surface area contributed by atoms with Gasteiger partial charge < -0.3 is 14.7 Å². The van der Waals surface area contributed by atoms with Gasteiger partial charge in [0.25, 0.3) is 0 Å². The summed E-state index contributed by atoms with van der Waals surface area (Å²) < 4.78 is 5.64. The lowest BCUT2D eigenvalue weighted by molar-refractivity contribution is 0.0712. The Hall–Kier alpha value is -1.91. The highest BCUT2D eigenvalue weighted by atomic mass is 35.5. The maximum absolute atomic E-state index is 9.41. The highest BCUT2D eigenvalue weighted by Crippen LogP contribution is 2.36. The molecule has 0 spiro atoms. The predicted octanol–water partition coefficient (Wildman–Crippen LogP) is 5.47. The first-order valence-electron chi connectivity index (χ1n) is 8.08. The number of nitrogens with zero attached hydrogens (tertiary/aromatic N) is 1. The normalized spacial score (nSPS) is 12.3. The van der Waals surface area contributed by atoms with Crippen LogP contribution in [-0.4, -0.2) is 24.0 Å². The molecule has 134 valence electrons. The van der Waals surface area contributed by atoms with Gasteiger partial charge in [-0.05, 0) is 24.5 Å². The molecule has 0 fully saturated rings. The number of benzene rings is 2. The van der Waals surface area contributed by atoms with Crippen molar-refractivity contribution in [3.63, 3.8) is 0 Å². The van der Waals surface area contributed by atoms with Crippen LogP contribution in [-0.2, 0) is 11.3 Å². The Morgan fingerprint density at radius 2 is 1.80 bits per heavy atom. The molecule has 1 unspecified atom stereocenters. The monoisotopic (exact) mass is 381 g/mol. The van der Waals surface area contributed by atoms with Gasteiger partial charge >= 0.3 is 0 Å². The van der Waals surface area contributed by atoms with Gasteiger partial charge in [0.1, 0.15) is 11.9 Å². The van der Waals surface area contributed by atoms with Gasteiger partial charge in [-0.25, -0.2) is 0 Å². The number of hydrogen-bond acceptors (Lipinski definition) is 4. The summed E-state index contributed by atoms with van der Waals surface area (Å²) in [5.41, 5.74) is 2.09. The van der Waals surface area contributed by atoms with Gasteiger partial charge in [-0.3, -0.25) is 0 Å². The third-order valence-corrected chi connectivity index (χ3v) is 4.18. The van der Waals surface area contributed by atoms with Crippen molar-refractivity contribution in [2.75, 3.05) is 6.61 Å². The van der Waals surface area contributed by atoms with E-state index >= 15 is 0 Å². The van der Waals surface area contributed by atoms with Gasteiger partial charge in [0.15, 0.2) is 5.75 Å². The zero-order valence-corrected chi connectivity index (χ0v) is 15.7. The second kappa shape index (κ2) is 9.54. The van der Waals surface area contributed by atoms with E-state index in [1.807, 2.05) is 31.2 Å². The number of phenolic OH excluding ortho intramolecular Hbond substituents is 1. The molecule has 0 bridgehead atoms. The highest BCUT2D eigenvalue weighted by Gasteiger charge is 2.09. The van der Waals surface area contributed by atoms with E-state index in [-0.39, 0.29) is 21.9 Å². The second-order valence-corrected chi connectivity index (χ2v) is 6.45. The van der Waals surface area contributed by atoms with Gasteiger partial charge in [-0.15, -0.1) is 0 Å². The Bertz CT molecular complexity index is 694. The van der Waals surface area contributed by atoms with Crippen LogP contribution in [0.25, 0.3) is 0 Å². The van der Waals surface area contributed by atoms with Crippen LogP contribution in [0.3, 0.4) is 0 Å². The van der Waals surface area contributed by atoms with Crippen LogP contribution in [0.1, 0.15) is 31.4 Å². The Kier molecular flexibility index (Phi) is 7.41. The maximum atomic E-state index is 9.41. The summed E-state index contributed by atoms with van der Waals surface area (Å²) in [6.45, 7) is 4.46. The minimum Gasteiger partial charge on any atom is -0.508 e. The molecule has 6 heteroatoms. The minimum atomic E-state index is 0.0110. The van der Waals surface area contributed by atoms with Gasteiger partial charge in [-0.2, -0.15) is 0 Å². The Labute approximate surface area is 158 Å². The summed E-state index contributed by atoms with van der Waals surface area (Å²) >= 11 is 12.0. The Balaban J connectivity index is 1.86. The van der Waals surface area contributed by atoms with Gasteiger partial charge in [0.05, 0.1) is 22.9 Å². The zero-order valence-electron chi connectivity index (χ0n) is 14.2. The average molecular weight is 382 g/mol. The fourth-order valence-electron chi connectivity index (χ4n) is 2.00. The largest absolute Gasteiger partial charge is 0.508 e. The van der Waals surface area contributed by atoms with Crippen LogP contribution < -0.4 is 4.74 Å². The summed E-state index contributed by atoms with van der Waals surface area (Å²) in [5, 5.41) is 14.0. The van der Waals surface area contributed by atoms with Crippen LogP contribution >= 0.6 is 23.2 Å². The van der Waals surface area contributed by atoms with Crippen molar-refractivity contribution in [2.24, 2.45) is 5.16 Å². The molecule has 0 aliphatic rings. The molecule has 0 aliphatic heterocycles. The van der Waals surface area contributed by atoms with Crippen molar-refractivity contribution in [3.05, 3.63) is 57.6 Å². The van der Waals surface area contributed by atoms with E-state index in [0.717, 1.165) is 17.5 Å². The molecular formula is C19H21Cl2NO3. The fraction of sp³-hybridized carbons (Fsp3) is 0.316. The summed E-state index contributed by atoms with van der Waals surface area (Å²) in [4.78, 5) is 5.28. The SMILES string of the molecule is CCC(C)O/N=C/c1ccc(CCOc2c(Cl)cc(O)cc2Cl)cc1. The molecule has 0 saturated carbocycles. The van der Waals surface area contributed by atoms with Gasteiger partial charge in [0.2, 0.25) is 0 Å². The molecule has 2 aromatic rings. The van der Waals surface area contributed by atoms with Crippen molar-refractivity contribution in [1.82, 2.24) is 0 Å².